The second kappa shape index (κ2) is 5.09. The van der Waals surface area contributed by atoms with Gasteiger partial charge in [0.2, 0.25) is 0 Å². The lowest BCUT2D eigenvalue weighted by atomic mass is 9.86. The Morgan fingerprint density at radius 2 is 1.60 bits per heavy atom. The van der Waals surface area contributed by atoms with E-state index in [1.807, 2.05) is 0 Å². The highest BCUT2D eigenvalue weighted by Gasteiger charge is 2.31. The van der Waals surface area contributed by atoms with Gasteiger partial charge in [0.05, 0.1) is 0 Å². The van der Waals surface area contributed by atoms with Gasteiger partial charge in [0.1, 0.15) is 0 Å². The maximum absolute atomic E-state index is 2.54. The van der Waals surface area contributed by atoms with Crippen LogP contribution in [0.1, 0.15) is 51.4 Å². The average molecular weight is 262 g/mol. The van der Waals surface area contributed by atoms with Gasteiger partial charge in [0.25, 0.3) is 0 Å². The molecule has 0 unspecified atom stereocenters. The molecular weight excluding hydrogens is 240 g/mol. The highest BCUT2D eigenvalue weighted by atomic mass is 14.3. The third-order valence-electron chi connectivity index (χ3n) is 5.01. The largest absolute Gasteiger partial charge is 0.0763 e. The van der Waals surface area contributed by atoms with E-state index in [4.69, 9.17) is 0 Å². The summed E-state index contributed by atoms with van der Waals surface area (Å²) in [6.07, 6.45) is 24.4. The Morgan fingerprint density at radius 1 is 0.750 bits per heavy atom. The molecule has 4 aliphatic rings. The van der Waals surface area contributed by atoms with Crippen LogP contribution in [0.15, 0.2) is 69.9 Å². The van der Waals surface area contributed by atoms with Crippen molar-refractivity contribution in [3.05, 3.63) is 69.9 Å². The van der Waals surface area contributed by atoms with Crippen molar-refractivity contribution in [2.45, 2.75) is 51.4 Å². The molecule has 0 N–H and O–H groups in total. The standard InChI is InChI=1S/C20H22/c1-3-9-15-10-4-2-6-14-19-17-12-8-7-11-16(17)18(13-5-1)20(15)19/h1,3,5,9,13-14H,2,4,6-8,10-12H2/b3-1?,5-1?,9-3?,13-5?,15-9-,18-13?,19-14-,20-15?. The van der Waals surface area contributed by atoms with E-state index >= 15 is 0 Å². The highest BCUT2D eigenvalue weighted by molar-refractivity contribution is 5.73. The monoisotopic (exact) mass is 262 g/mol. The van der Waals surface area contributed by atoms with Crippen LogP contribution in [0.2, 0.25) is 0 Å². The molecule has 102 valence electrons. The summed E-state index contributed by atoms with van der Waals surface area (Å²) in [6.45, 7) is 0. The minimum atomic E-state index is 1.24. The van der Waals surface area contributed by atoms with Gasteiger partial charge in [-0.2, -0.15) is 0 Å². The summed E-state index contributed by atoms with van der Waals surface area (Å²) in [5, 5.41) is 0. The minimum Gasteiger partial charge on any atom is -0.0763 e. The first-order chi connectivity index (χ1) is 9.95. The Kier molecular flexibility index (Phi) is 3.10. The zero-order chi connectivity index (χ0) is 13.4. The van der Waals surface area contributed by atoms with Crippen molar-refractivity contribution < 1.29 is 0 Å². The third-order valence-corrected chi connectivity index (χ3v) is 5.01. The summed E-state index contributed by atoms with van der Waals surface area (Å²) in [5.74, 6) is 0. The molecule has 0 radical (unpaired) electrons. The topological polar surface area (TPSA) is 0 Å². The van der Waals surface area contributed by atoms with Crippen molar-refractivity contribution in [2.75, 3.05) is 0 Å². The third kappa shape index (κ3) is 1.90. The number of rotatable bonds is 0. The summed E-state index contributed by atoms with van der Waals surface area (Å²) in [4.78, 5) is 0. The van der Waals surface area contributed by atoms with Gasteiger partial charge in [-0.15, -0.1) is 0 Å². The van der Waals surface area contributed by atoms with E-state index < -0.39 is 0 Å². The number of allylic oxidation sites excluding steroid dienone is 12. The summed E-state index contributed by atoms with van der Waals surface area (Å²) in [6, 6.07) is 0. The van der Waals surface area contributed by atoms with E-state index in [9.17, 15) is 0 Å². The molecule has 0 atom stereocenters. The van der Waals surface area contributed by atoms with Crippen LogP contribution in [-0.4, -0.2) is 0 Å². The Balaban J connectivity index is 1.94. The van der Waals surface area contributed by atoms with Crippen LogP contribution < -0.4 is 0 Å². The van der Waals surface area contributed by atoms with Crippen LogP contribution in [0.5, 0.6) is 0 Å². The highest BCUT2D eigenvalue weighted by Crippen LogP contribution is 2.49. The summed E-state index contributed by atoms with van der Waals surface area (Å²) in [7, 11) is 0. The smallest absolute Gasteiger partial charge is 0.00768 e. The van der Waals surface area contributed by atoms with E-state index in [1.165, 1.54) is 51.4 Å². The quantitative estimate of drug-likeness (QED) is 0.523. The van der Waals surface area contributed by atoms with E-state index in [-0.39, 0.29) is 0 Å². The molecule has 0 aromatic heterocycles. The van der Waals surface area contributed by atoms with Gasteiger partial charge >= 0.3 is 0 Å². The molecule has 0 bridgehead atoms. The Bertz CT molecular complexity index is 614. The van der Waals surface area contributed by atoms with Gasteiger partial charge in [-0.05, 0) is 84.8 Å². The van der Waals surface area contributed by atoms with Crippen LogP contribution in [0, 0.1) is 0 Å². The molecule has 20 heavy (non-hydrogen) atoms. The molecule has 4 aliphatic carbocycles. The Morgan fingerprint density at radius 3 is 2.55 bits per heavy atom. The van der Waals surface area contributed by atoms with Gasteiger partial charge in [0.15, 0.2) is 0 Å². The molecule has 0 saturated carbocycles. The van der Waals surface area contributed by atoms with Crippen molar-refractivity contribution >= 4 is 0 Å². The van der Waals surface area contributed by atoms with E-state index in [0.29, 0.717) is 0 Å². The van der Waals surface area contributed by atoms with Crippen LogP contribution in [0.4, 0.5) is 0 Å². The van der Waals surface area contributed by atoms with Crippen molar-refractivity contribution in [1.29, 1.82) is 0 Å². The molecule has 0 aromatic rings. The second-order valence-electron chi connectivity index (χ2n) is 6.25. The number of hydrogen-bond acceptors (Lipinski definition) is 0. The number of fused-ring (bicyclic) bond motifs is 2. The van der Waals surface area contributed by atoms with Crippen molar-refractivity contribution in [3.8, 4) is 0 Å². The normalized spacial score (nSPS) is 30.4. The van der Waals surface area contributed by atoms with Gasteiger partial charge in [-0.1, -0.05) is 36.5 Å². The molecule has 0 heteroatoms. The average Bonchev–Trinajstić information content (AvgIpc) is 2.72. The van der Waals surface area contributed by atoms with Gasteiger partial charge in [-0.3, -0.25) is 0 Å². The summed E-state index contributed by atoms with van der Waals surface area (Å²) >= 11 is 0. The molecule has 0 spiro atoms. The molecule has 0 amide bonds. The van der Waals surface area contributed by atoms with Crippen molar-refractivity contribution in [2.24, 2.45) is 0 Å². The molecule has 0 nitrogen and oxygen atoms in total. The molecule has 0 aliphatic heterocycles. The zero-order valence-corrected chi connectivity index (χ0v) is 12.1. The van der Waals surface area contributed by atoms with Crippen LogP contribution in [0.25, 0.3) is 0 Å². The lowest BCUT2D eigenvalue weighted by Crippen LogP contribution is -2.00. The van der Waals surface area contributed by atoms with Crippen LogP contribution >= 0.6 is 0 Å². The lowest BCUT2D eigenvalue weighted by Gasteiger charge is -2.18. The first-order valence-electron chi connectivity index (χ1n) is 8.17. The van der Waals surface area contributed by atoms with E-state index in [0.717, 1.165) is 0 Å². The van der Waals surface area contributed by atoms with E-state index in [1.54, 1.807) is 33.4 Å². The van der Waals surface area contributed by atoms with Crippen molar-refractivity contribution in [1.82, 2.24) is 0 Å². The lowest BCUT2D eigenvalue weighted by molar-refractivity contribution is 0.689. The molecule has 0 saturated heterocycles. The second-order valence-corrected chi connectivity index (χ2v) is 6.25. The van der Waals surface area contributed by atoms with E-state index in [2.05, 4.69) is 36.5 Å². The molecule has 4 rings (SSSR count). The fourth-order valence-electron chi connectivity index (χ4n) is 4.09. The zero-order valence-electron chi connectivity index (χ0n) is 12.1. The van der Waals surface area contributed by atoms with Crippen LogP contribution in [-0.2, 0) is 0 Å². The molecule has 0 aromatic carbocycles. The first kappa shape index (κ1) is 12.2. The summed E-state index contributed by atoms with van der Waals surface area (Å²) < 4.78 is 0. The van der Waals surface area contributed by atoms with Crippen molar-refractivity contribution in [3.63, 3.8) is 0 Å². The first-order valence-corrected chi connectivity index (χ1v) is 8.17. The number of hydrogen-bond donors (Lipinski definition) is 0. The molecule has 0 heterocycles. The maximum atomic E-state index is 2.54. The molecular formula is C20H22. The van der Waals surface area contributed by atoms with Crippen LogP contribution in [0.3, 0.4) is 0 Å². The van der Waals surface area contributed by atoms with Gasteiger partial charge in [0, 0.05) is 0 Å². The van der Waals surface area contributed by atoms with Gasteiger partial charge in [-0.25, -0.2) is 0 Å². The molecule has 0 fully saturated rings. The Labute approximate surface area is 122 Å². The predicted octanol–water partition coefficient (Wildman–Crippen LogP) is 5.72. The Hall–Kier alpha value is -1.56. The fraction of sp³-hybridized carbons (Fsp3) is 0.400. The minimum absolute atomic E-state index is 1.24. The fourth-order valence-corrected chi connectivity index (χ4v) is 4.09. The van der Waals surface area contributed by atoms with Gasteiger partial charge < -0.3 is 0 Å². The maximum Gasteiger partial charge on any atom is -0.00768 e. The SMILES string of the molecule is C1=C/C=C2/CCCC/C=C3/C4=C(CCCC4)C(=C23)C=C1. The summed E-state index contributed by atoms with van der Waals surface area (Å²) in [5.41, 5.74) is 9.64. The predicted molar refractivity (Wildman–Crippen MR) is 85.4 cm³/mol.